The Morgan fingerprint density at radius 2 is 1.92 bits per heavy atom. The fourth-order valence-electron chi connectivity index (χ4n) is 2.63. The van der Waals surface area contributed by atoms with E-state index in [1.807, 2.05) is 0 Å². The quantitative estimate of drug-likeness (QED) is 0.634. The van der Waals surface area contributed by atoms with Crippen LogP contribution in [0.1, 0.15) is 0 Å². The molecule has 1 fully saturated rings. The average molecular weight is 348 g/mol. The zero-order chi connectivity index (χ0) is 17.8. The molecule has 1 aromatic heterocycles. The molecule has 0 spiro atoms. The van der Waals surface area contributed by atoms with Crippen molar-refractivity contribution >= 4 is 17.4 Å². The van der Waals surface area contributed by atoms with E-state index in [0.29, 0.717) is 26.2 Å². The van der Waals surface area contributed by atoms with Gasteiger partial charge in [-0.2, -0.15) is 0 Å². The highest BCUT2D eigenvalue weighted by molar-refractivity contribution is 5.75. The molecule has 0 saturated carbocycles. The smallest absolute Gasteiger partial charge is 0.369 e. The van der Waals surface area contributed by atoms with Gasteiger partial charge in [0.05, 0.1) is 0 Å². The topological polar surface area (TPSA) is 96.5 Å². The van der Waals surface area contributed by atoms with Crippen LogP contribution in [0.25, 0.3) is 0 Å². The summed E-state index contributed by atoms with van der Waals surface area (Å²) in [5.74, 6) is -0.836. The molecule has 0 radical (unpaired) electrons. The summed E-state index contributed by atoms with van der Waals surface area (Å²) in [7, 11) is 0. The zero-order valence-electron chi connectivity index (χ0n) is 13.3. The van der Waals surface area contributed by atoms with Gasteiger partial charge in [-0.3, -0.25) is 10.2 Å². The molecule has 1 N–H and O–H groups in total. The van der Waals surface area contributed by atoms with Gasteiger partial charge in [0.15, 0.2) is 0 Å². The summed E-state index contributed by atoms with van der Waals surface area (Å²) >= 11 is 0. The standard InChI is InChI=1S/C15H17FN6O3/c16-12-1-3-13(4-2-12)20-5-7-21(8-6-20)18-15(23)10-19-9-14(17-11-19)22(24)25/h1-4,9,11H,5-8,10H2,(H,18,23). The van der Waals surface area contributed by atoms with Gasteiger partial charge in [0.2, 0.25) is 6.33 Å². The van der Waals surface area contributed by atoms with Gasteiger partial charge >= 0.3 is 5.82 Å². The monoisotopic (exact) mass is 348 g/mol. The first kappa shape index (κ1) is 16.8. The molecule has 1 aliphatic rings. The zero-order valence-corrected chi connectivity index (χ0v) is 13.3. The number of hydrogen-bond donors (Lipinski definition) is 1. The summed E-state index contributed by atoms with van der Waals surface area (Å²) in [6.07, 6.45) is 2.47. The van der Waals surface area contributed by atoms with Crippen molar-refractivity contribution < 1.29 is 14.1 Å². The molecule has 0 unspecified atom stereocenters. The number of aromatic nitrogens is 2. The first-order valence-corrected chi connectivity index (χ1v) is 7.72. The Kier molecular flexibility index (Phi) is 4.89. The molecule has 1 aromatic carbocycles. The normalized spacial score (nSPS) is 15.2. The number of imidazole rings is 1. The molecule has 0 atom stereocenters. The first-order chi connectivity index (χ1) is 12.0. The molecule has 25 heavy (non-hydrogen) atoms. The van der Waals surface area contributed by atoms with Crippen LogP contribution >= 0.6 is 0 Å². The van der Waals surface area contributed by atoms with Crippen LogP contribution < -0.4 is 10.3 Å². The van der Waals surface area contributed by atoms with E-state index in [9.17, 15) is 19.3 Å². The van der Waals surface area contributed by atoms with E-state index < -0.39 is 4.92 Å². The maximum Gasteiger partial charge on any atom is 0.381 e. The average Bonchev–Trinajstić information content (AvgIpc) is 3.05. The highest BCUT2D eigenvalue weighted by Crippen LogP contribution is 2.16. The number of hydrazine groups is 1. The Bertz CT molecular complexity index is 755. The van der Waals surface area contributed by atoms with Crippen molar-refractivity contribution in [2.45, 2.75) is 6.54 Å². The van der Waals surface area contributed by atoms with Crippen LogP contribution in [0, 0.1) is 15.9 Å². The first-order valence-electron chi connectivity index (χ1n) is 7.72. The number of carbonyl (C=O) groups excluding carboxylic acids is 1. The lowest BCUT2D eigenvalue weighted by atomic mass is 10.2. The van der Waals surface area contributed by atoms with Gasteiger partial charge in [-0.25, -0.2) is 9.40 Å². The Labute approximate surface area is 142 Å². The molecule has 1 saturated heterocycles. The molecular weight excluding hydrogens is 331 g/mol. The second-order valence-electron chi connectivity index (χ2n) is 5.65. The van der Waals surface area contributed by atoms with Crippen LogP contribution in [-0.4, -0.2) is 51.6 Å². The number of hydrogen-bond acceptors (Lipinski definition) is 6. The van der Waals surface area contributed by atoms with Crippen molar-refractivity contribution in [3.8, 4) is 0 Å². The van der Waals surface area contributed by atoms with Crippen LogP contribution in [0.4, 0.5) is 15.9 Å². The number of benzene rings is 1. The van der Waals surface area contributed by atoms with Crippen molar-refractivity contribution in [2.24, 2.45) is 0 Å². The van der Waals surface area contributed by atoms with Crippen molar-refractivity contribution in [3.05, 3.63) is 52.7 Å². The number of anilines is 1. The molecule has 2 heterocycles. The number of amides is 1. The van der Waals surface area contributed by atoms with E-state index >= 15 is 0 Å². The Hall–Kier alpha value is -3.01. The lowest BCUT2D eigenvalue weighted by Crippen LogP contribution is -2.54. The molecule has 3 rings (SSSR count). The van der Waals surface area contributed by atoms with Gasteiger partial charge in [0.25, 0.3) is 5.91 Å². The molecule has 1 aliphatic heterocycles. The highest BCUT2D eigenvalue weighted by atomic mass is 19.1. The van der Waals surface area contributed by atoms with Crippen LogP contribution in [0.2, 0.25) is 0 Å². The van der Waals surface area contributed by atoms with Crippen molar-refractivity contribution in [2.75, 3.05) is 31.1 Å². The molecule has 9 nitrogen and oxygen atoms in total. The molecule has 0 aliphatic carbocycles. The third-order valence-corrected chi connectivity index (χ3v) is 3.89. The van der Waals surface area contributed by atoms with E-state index in [4.69, 9.17) is 0 Å². The maximum absolute atomic E-state index is 13.0. The van der Waals surface area contributed by atoms with Gasteiger partial charge < -0.3 is 19.6 Å². The Balaban J connectivity index is 1.47. The number of nitrogens with zero attached hydrogens (tertiary/aromatic N) is 5. The minimum absolute atomic E-state index is 0.0426. The fourth-order valence-corrected chi connectivity index (χ4v) is 2.63. The van der Waals surface area contributed by atoms with Crippen molar-refractivity contribution in [3.63, 3.8) is 0 Å². The second kappa shape index (κ2) is 7.26. The Morgan fingerprint density at radius 3 is 2.52 bits per heavy atom. The summed E-state index contributed by atoms with van der Waals surface area (Å²) in [5, 5.41) is 12.4. The van der Waals surface area contributed by atoms with Gasteiger partial charge in [-0.15, -0.1) is 0 Å². The third kappa shape index (κ3) is 4.29. The van der Waals surface area contributed by atoms with E-state index in [0.717, 1.165) is 5.69 Å². The summed E-state index contributed by atoms with van der Waals surface area (Å²) in [5.41, 5.74) is 3.72. The molecule has 2 aromatic rings. The minimum Gasteiger partial charge on any atom is -0.369 e. The Morgan fingerprint density at radius 1 is 1.24 bits per heavy atom. The summed E-state index contributed by atoms with van der Waals surface area (Å²) < 4.78 is 14.3. The SMILES string of the molecule is O=C(Cn1cnc([N+](=O)[O-])c1)NN1CCN(c2ccc(F)cc2)CC1. The summed E-state index contributed by atoms with van der Waals surface area (Å²) in [6, 6.07) is 6.31. The number of carbonyl (C=O) groups is 1. The van der Waals surface area contributed by atoms with Gasteiger partial charge in [-0.1, -0.05) is 0 Å². The van der Waals surface area contributed by atoms with Gasteiger partial charge in [0, 0.05) is 31.9 Å². The number of halogens is 1. The van der Waals surface area contributed by atoms with Crippen LogP contribution in [0.5, 0.6) is 0 Å². The molecule has 10 heteroatoms. The lowest BCUT2D eigenvalue weighted by molar-refractivity contribution is -0.389. The fraction of sp³-hybridized carbons (Fsp3) is 0.333. The van der Waals surface area contributed by atoms with E-state index in [-0.39, 0.29) is 24.1 Å². The molecule has 132 valence electrons. The van der Waals surface area contributed by atoms with Crippen molar-refractivity contribution in [1.29, 1.82) is 0 Å². The molecular formula is C15H17FN6O3. The summed E-state index contributed by atoms with van der Waals surface area (Å²) in [4.78, 5) is 27.7. The van der Waals surface area contributed by atoms with Gasteiger partial charge in [0.1, 0.15) is 18.6 Å². The van der Waals surface area contributed by atoms with Crippen LogP contribution in [0.3, 0.4) is 0 Å². The molecule has 1 amide bonds. The predicted octanol–water partition coefficient (Wildman–Crippen LogP) is 0.784. The lowest BCUT2D eigenvalue weighted by Gasteiger charge is -2.36. The minimum atomic E-state index is -0.608. The van der Waals surface area contributed by atoms with E-state index in [1.54, 1.807) is 17.1 Å². The summed E-state index contributed by atoms with van der Waals surface area (Å²) in [6.45, 7) is 2.59. The van der Waals surface area contributed by atoms with Crippen LogP contribution in [0.15, 0.2) is 36.8 Å². The maximum atomic E-state index is 13.0. The number of rotatable bonds is 5. The van der Waals surface area contributed by atoms with E-state index in [1.165, 1.54) is 29.2 Å². The van der Waals surface area contributed by atoms with Crippen molar-refractivity contribution in [1.82, 2.24) is 20.0 Å². The van der Waals surface area contributed by atoms with E-state index in [2.05, 4.69) is 15.3 Å². The van der Waals surface area contributed by atoms with Gasteiger partial charge in [-0.05, 0) is 34.2 Å². The number of piperazine rings is 1. The largest absolute Gasteiger partial charge is 0.381 e. The molecule has 0 bridgehead atoms. The second-order valence-corrected chi connectivity index (χ2v) is 5.65. The van der Waals surface area contributed by atoms with Crippen LogP contribution in [-0.2, 0) is 11.3 Å². The number of nitrogens with one attached hydrogen (secondary N) is 1. The highest BCUT2D eigenvalue weighted by Gasteiger charge is 2.19. The third-order valence-electron chi connectivity index (χ3n) is 3.89. The number of nitro groups is 1. The predicted molar refractivity (Wildman–Crippen MR) is 87.2 cm³/mol.